The van der Waals surface area contributed by atoms with Crippen molar-refractivity contribution < 1.29 is 4.74 Å². The third-order valence-electron chi connectivity index (χ3n) is 3.11. The summed E-state index contributed by atoms with van der Waals surface area (Å²) in [5, 5.41) is 0.781. The Morgan fingerprint density at radius 1 is 1.67 bits per heavy atom. The van der Waals surface area contributed by atoms with Crippen LogP contribution in [-0.4, -0.2) is 40.8 Å². The lowest BCUT2D eigenvalue weighted by atomic mass is 9.93. The molecule has 2 heterocycles. The molecular weight excluding hydrogens is 226 g/mol. The van der Waals surface area contributed by atoms with Crippen LogP contribution in [0, 0.1) is 0 Å². The fraction of sp³-hybridized carbons (Fsp3) is 1.00. The molecule has 3 unspecified atom stereocenters. The van der Waals surface area contributed by atoms with Crippen LogP contribution in [0.1, 0.15) is 26.2 Å². The third kappa shape index (κ3) is 3.29. The highest BCUT2D eigenvalue weighted by molar-refractivity contribution is 8.00. The maximum absolute atomic E-state index is 6.00. The average Bonchev–Trinajstić information content (AvgIpc) is 2.63. The van der Waals surface area contributed by atoms with Crippen molar-refractivity contribution in [1.29, 1.82) is 0 Å². The van der Waals surface area contributed by atoms with Gasteiger partial charge in [0.05, 0.1) is 5.60 Å². The summed E-state index contributed by atoms with van der Waals surface area (Å²) < 4.78 is 6.00. The Morgan fingerprint density at radius 2 is 2.53 bits per heavy atom. The first-order chi connectivity index (χ1) is 7.20. The van der Waals surface area contributed by atoms with Gasteiger partial charge in [-0.1, -0.05) is 0 Å². The number of thioether (sulfide) groups is 2. The minimum absolute atomic E-state index is 0.235. The molecule has 2 fully saturated rings. The topological polar surface area (TPSA) is 35.2 Å². The first-order valence-corrected chi connectivity index (χ1v) is 7.99. The molecule has 2 N–H and O–H groups in total. The molecule has 2 aliphatic heterocycles. The molecular formula is C11H21NOS2. The highest BCUT2D eigenvalue weighted by Gasteiger charge is 2.40. The van der Waals surface area contributed by atoms with Gasteiger partial charge in [-0.25, -0.2) is 0 Å². The van der Waals surface area contributed by atoms with Crippen molar-refractivity contribution in [2.45, 2.75) is 43.1 Å². The van der Waals surface area contributed by atoms with Crippen LogP contribution in [0.4, 0.5) is 0 Å². The van der Waals surface area contributed by atoms with Crippen LogP contribution in [0.3, 0.4) is 0 Å². The molecule has 2 saturated heterocycles. The van der Waals surface area contributed by atoms with E-state index in [1.807, 2.05) is 11.8 Å². The standard InChI is InChI=1S/C11H21NOS2/c1-9(12)7-15-10-2-4-13-11(6-10)3-5-14-8-11/h9-10H,2-8,12H2,1H3. The van der Waals surface area contributed by atoms with E-state index < -0.39 is 0 Å². The Labute approximate surface area is 101 Å². The molecule has 2 nitrogen and oxygen atoms in total. The minimum atomic E-state index is 0.235. The predicted molar refractivity (Wildman–Crippen MR) is 69.8 cm³/mol. The maximum atomic E-state index is 6.00. The van der Waals surface area contributed by atoms with Crippen LogP contribution < -0.4 is 5.73 Å². The first kappa shape index (κ1) is 12.1. The van der Waals surface area contributed by atoms with Gasteiger partial charge >= 0.3 is 0 Å². The molecule has 0 aromatic heterocycles. The number of hydrogen-bond acceptors (Lipinski definition) is 4. The normalized spacial score (nSPS) is 38.4. The molecule has 2 aliphatic rings. The van der Waals surface area contributed by atoms with Gasteiger partial charge in [0.1, 0.15) is 0 Å². The number of rotatable bonds is 3. The summed E-state index contributed by atoms with van der Waals surface area (Å²) in [5.74, 6) is 3.58. The average molecular weight is 247 g/mol. The van der Waals surface area contributed by atoms with Crippen LogP contribution in [0.25, 0.3) is 0 Å². The Bertz CT molecular complexity index is 205. The second-order valence-corrected chi connectivity index (χ2v) is 7.20. The van der Waals surface area contributed by atoms with Crippen molar-refractivity contribution in [3.05, 3.63) is 0 Å². The summed E-state index contributed by atoms with van der Waals surface area (Å²) in [6.45, 7) is 3.05. The summed E-state index contributed by atoms with van der Waals surface area (Å²) in [5.41, 5.74) is 6.03. The smallest absolute Gasteiger partial charge is 0.0790 e. The summed E-state index contributed by atoms with van der Waals surface area (Å²) >= 11 is 4.10. The molecule has 0 saturated carbocycles. The predicted octanol–water partition coefficient (Wildman–Crippen LogP) is 2.12. The highest BCUT2D eigenvalue weighted by atomic mass is 32.2. The molecule has 3 atom stereocenters. The van der Waals surface area contributed by atoms with Crippen LogP contribution in [0.5, 0.6) is 0 Å². The maximum Gasteiger partial charge on any atom is 0.0790 e. The van der Waals surface area contributed by atoms with E-state index in [1.165, 1.54) is 30.8 Å². The molecule has 0 aromatic rings. The number of hydrogen-bond donors (Lipinski definition) is 1. The quantitative estimate of drug-likeness (QED) is 0.828. The minimum Gasteiger partial charge on any atom is -0.374 e. The zero-order chi connectivity index (χ0) is 10.7. The van der Waals surface area contributed by atoms with E-state index in [1.54, 1.807) is 0 Å². The second-order valence-electron chi connectivity index (χ2n) is 4.76. The first-order valence-electron chi connectivity index (χ1n) is 5.79. The SMILES string of the molecule is CC(N)CSC1CCOC2(CCSC2)C1. The highest BCUT2D eigenvalue weighted by Crippen LogP contribution is 2.41. The molecule has 15 heavy (non-hydrogen) atoms. The largest absolute Gasteiger partial charge is 0.374 e. The van der Waals surface area contributed by atoms with Crippen molar-refractivity contribution in [1.82, 2.24) is 0 Å². The molecule has 2 rings (SSSR count). The Balaban J connectivity index is 1.81. The van der Waals surface area contributed by atoms with Crippen molar-refractivity contribution in [3.8, 4) is 0 Å². The van der Waals surface area contributed by atoms with Crippen molar-refractivity contribution in [3.63, 3.8) is 0 Å². The fourth-order valence-corrected chi connectivity index (χ4v) is 4.91. The van der Waals surface area contributed by atoms with Gasteiger partial charge in [0.15, 0.2) is 0 Å². The molecule has 88 valence electrons. The van der Waals surface area contributed by atoms with Gasteiger partial charge < -0.3 is 10.5 Å². The molecule has 1 spiro atoms. The lowest BCUT2D eigenvalue weighted by Crippen LogP contribution is -2.41. The van der Waals surface area contributed by atoms with Crippen LogP contribution >= 0.6 is 23.5 Å². The molecule has 4 heteroatoms. The number of ether oxygens (including phenoxy) is 1. The monoisotopic (exact) mass is 247 g/mol. The van der Waals surface area contributed by atoms with Gasteiger partial charge in [-0.05, 0) is 31.9 Å². The molecule has 0 bridgehead atoms. The van der Waals surface area contributed by atoms with E-state index in [9.17, 15) is 0 Å². The van der Waals surface area contributed by atoms with Gasteiger partial charge in [-0.3, -0.25) is 0 Å². The summed E-state index contributed by atoms with van der Waals surface area (Å²) in [4.78, 5) is 0. The van der Waals surface area contributed by atoms with E-state index >= 15 is 0 Å². The molecule has 0 aliphatic carbocycles. The van der Waals surface area contributed by atoms with Crippen molar-refractivity contribution in [2.75, 3.05) is 23.9 Å². The lowest BCUT2D eigenvalue weighted by Gasteiger charge is -2.37. The third-order valence-corrected chi connectivity index (χ3v) is 5.92. The van der Waals surface area contributed by atoms with E-state index in [4.69, 9.17) is 10.5 Å². The van der Waals surface area contributed by atoms with E-state index in [2.05, 4.69) is 18.7 Å². The molecule has 0 amide bonds. The summed E-state index contributed by atoms with van der Waals surface area (Å²) in [7, 11) is 0. The van der Waals surface area contributed by atoms with Crippen molar-refractivity contribution >= 4 is 23.5 Å². The Hall–Kier alpha value is 0.620. The van der Waals surface area contributed by atoms with Crippen LogP contribution in [0.15, 0.2) is 0 Å². The zero-order valence-corrected chi connectivity index (χ0v) is 11.0. The van der Waals surface area contributed by atoms with Gasteiger partial charge in [-0.15, -0.1) is 0 Å². The van der Waals surface area contributed by atoms with Crippen LogP contribution in [0.2, 0.25) is 0 Å². The van der Waals surface area contributed by atoms with Gasteiger partial charge in [0.2, 0.25) is 0 Å². The summed E-state index contributed by atoms with van der Waals surface area (Å²) in [6.07, 6.45) is 3.72. The summed E-state index contributed by atoms with van der Waals surface area (Å²) in [6, 6.07) is 0.326. The lowest BCUT2D eigenvalue weighted by molar-refractivity contribution is -0.0562. The second kappa shape index (κ2) is 5.30. The molecule has 0 aromatic carbocycles. The van der Waals surface area contributed by atoms with Gasteiger partial charge in [0.25, 0.3) is 0 Å². The van der Waals surface area contributed by atoms with E-state index in [0.717, 1.165) is 17.6 Å². The fourth-order valence-electron chi connectivity index (χ4n) is 2.28. The van der Waals surface area contributed by atoms with Crippen molar-refractivity contribution in [2.24, 2.45) is 5.73 Å². The van der Waals surface area contributed by atoms with Gasteiger partial charge in [0, 0.05) is 29.4 Å². The van der Waals surface area contributed by atoms with E-state index in [-0.39, 0.29) is 5.60 Å². The Morgan fingerprint density at radius 3 is 3.20 bits per heavy atom. The number of nitrogens with two attached hydrogens (primary N) is 1. The molecule has 0 radical (unpaired) electrons. The Kier molecular flexibility index (Phi) is 4.27. The van der Waals surface area contributed by atoms with Gasteiger partial charge in [-0.2, -0.15) is 23.5 Å². The zero-order valence-electron chi connectivity index (χ0n) is 9.41. The van der Waals surface area contributed by atoms with E-state index in [0.29, 0.717) is 6.04 Å². The van der Waals surface area contributed by atoms with Crippen LogP contribution in [-0.2, 0) is 4.74 Å².